The maximum absolute atomic E-state index is 12.0. The van der Waals surface area contributed by atoms with Gasteiger partial charge in [-0.1, -0.05) is 13.8 Å². The third-order valence-electron chi connectivity index (χ3n) is 4.06. The standard InChI is InChI=1S/C17H22N4O2S/c1-9(2)15(18)16(23)19-8-14(22)20-11-5-6-12-13(7-11)24-17(21-12)10-3-4-10/h5-7,9-10,15H,3-4,8,18H2,1-2H3,(H,19,23)(H,20,22)/t15-/m0/s1. The third kappa shape index (κ3) is 3.91. The van der Waals surface area contributed by atoms with Crippen LogP contribution in [0, 0.1) is 5.92 Å². The van der Waals surface area contributed by atoms with Gasteiger partial charge < -0.3 is 16.4 Å². The Bertz CT molecular complexity index is 767. The van der Waals surface area contributed by atoms with Crippen LogP contribution in [-0.2, 0) is 9.59 Å². The van der Waals surface area contributed by atoms with Gasteiger partial charge >= 0.3 is 0 Å². The summed E-state index contributed by atoms with van der Waals surface area (Å²) in [5, 5.41) is 6.54. The van der Waals surface area contributed by atoms with Crippen LogP contribution in [0.2, 0.25) is 0 Å². The average molecular weight is 346 g/mol. The van der Waals surface area contributed by atoms with Crippen LogP contribution < -0.4 is 16.4 Å². The van der Waals surface area contributed by atoms with E-state index in [2.05, 4.69) is 15.6 Å². The van der Waals surface area contributed by atoms with Crippen molar-refractivity contribution in [1.82, 2.24) is 10.3 Å². The van der Waals surface area contributed by atoms with E-state index in [1.807, 2.05) is 32.0 Å². The molecule has 1 aromatic carbocycles. The summed E-state index contributed by atoms with van der Waals surface area (Å²) >= 11 is 1.69. The Morgan fingerprint density at radius 1 is 1.38 bits per heavy atom. The number of rotatable bonds is 6. The van der Waals surface area contributed by atoms with E-state index in [9.17, 15) is 9.59 Å². The summed E-state index contributed by atoms with van der Waals surface area (Å²) in [6.07, 6.45) is 2.45. The molecule has 0 radical (unpaired) electrons. The number of amides is 2. The first-order valence-corrected chi connectivity index (χ1v) is 8.99. The molecule has 0 unspecified atom stereocenters. The molecule has 1 aliphatic rings. The number of aromatic nitrogens is 1. The van der Waals surface area contributed by atoms with Crippen molar-refractivity contribution in [2.75, 3.05) is 11.9 Å². The summed E-state index contributed by atoms with van der Waals surface area (Å²) in [5.41, 5.74) is 7.42. The number of hydrogen-bond acceptors (Lipinski definition) is 5. The van der Waals surface area contributed by atoms with Crippen molar-refractivity contribution in [3.8, 4) is 0 Å². The second-order valence-electron chi connectivity index (χ2n) is 6.54. The summed E-state index contributed by atoms with van der Waals surface area (Å²) < 4.78 is 1.07. The van der Waals surface area contributed by atoms with Crippen molar-refractivity contribution in [2.45, 2.75) is 38.6 Å². The molecule has 4 N–H and O–H groups in total. The molecule has 128 valence electrons. The molecule has 24 heavy (non-hydrogen) atoms. The predicted molar refractivity (Wildman–Crippen MR) is 96.0 cm³/mol. The average Bonchev–Trinajstić information content (AvgIpc) is 3.31. The van der Waals surface area contributed by atoms with Crippen molar-refractivity contribution >= 4 is 39.1 Å². The SMILES string of the molecule is CC(C)[C@H](N)C(=O)NCC(=O)Nc1ccc2nc(C3CC3)sc2c1. The Morgan fingerprint density at radius 3 is 2.79 bits per heavy atom. The molecule has 2 aromatic rings. The normalized spacial score (nSPS) is 15.5. The van der Waals surface area contributed by atoms with Crippen LogP contribution in [0.1, 0.15) is 37.6 Å². The van der Waals surface area contributed by atoms with E-state index in [-0.39, 0.29) is 24.3 Å². The van der Waals surface area contributed by atoms with Gasteiger partial charge in [-0.3, -0.25) is 9.59 Å². The summed E-state index contributed by atoms with van der Waals surface area (Å²) in [6, 6.07) is 5.07. The molecule has 1 aliphatic carbocycles. The molecular formula is C17H22N4O2S. The van der Waals surface area contributed by atoms with Gasteiger partial charge in [0.1, 0.15) is 0 Å². The smallest absolute Gasteiger partial charge is 0.243 e. The minimum Gasteiger partial charge on any atom is -0.346 e. The molecule has 0 aliphatic heterocycles. The molecule has 7 heteroatoms. The van der Waals surface area contributed by atoms with Gasteiger partial charge in [-0.25, -0.2) is 4.98 Å². The molecule has 3 rings (SSSR count). The van der Waals surface area contributed by atoms with Gasteiger partial charge in [0.15, 0.2) is 0 Å². The summed E-state index contributed by atoms with van der Waals surface area (Å²) in [6.45, 7) is 3.64. The number of nitrogens with zero attached hydrogens (tertiary/aromatic N) is 1. The number of benzene rings is 1. The van der Waals surface area contributed by atoms with E-state index in [4.69, 9.17) is 5.73 Å². The number of carbonyl (C=O) groups is 2. The minimum atomic E-state index is -0.604. The van der Waals surface area contributed by atoms with Crippen LogP contribution in [-0.4, -0.2) is 29.4 Å². The molecule has 6 nitrogen and oxygen atoms in total. The molecule has 0 saturated heterocycles. The number of fused-ring (bicyclic) bond motifs is 1. The molecule has 1 aromatic heterocycles. The summed E-state index contributed by atoms with van der Waals surface area (Å²) in [7, 11) is 0. The predicted octanol–water partition coefficient (Wildman–Crippen LogP) is 2.21. The highest BCUT2D eigenvalue weighted by Crippen LogP contribution is 2.43. The zero-order valence-corrected chi connectivity index (χ0v) is 14.7. The maximum Gasteiger partial charge on any atom is 0.243 e. The minimum absolute atomic E-state index is 0.0301. The van der Waals surface area contributed by atoms with Crippen LogP contribution in [0.5, 0.6) is 0 Å². The van der Waals surface area contributed by atoms with Crippen LogP contribution in [0.15, 0.2) is 18.2 Å². The van der Waals surface area contributed by atoms with Crippen LogP contribution >= 0.6 is 11.3 Å². The highest BCUT2D eigenvalue weighted by molar-refractivity contribution is 7.18. The molecule has 2 amide bonds. The zero-order chi connectivity index (χ0) is 17.3. The fraction of sp³-hybridized carbons (Fsp3) is 0.471. The van der Waals surface area contributed by atoms with Crippen LogP contribution in [0.4, 0.5) is 5.69 Å². The highest BCUT2D eigenvalue weighted by Gasteiger charge is 2.27. The Labute approximate surface area is 144 Å². The van der Waals surface area contributed by atoms with E-state index in [0.29, 0.717) is 11.6 Å². The van der Waals surface area contributed by atoms with Gasteiger partial charge in [0.05, 0.1) is 27.8 Å². The number of nitrogens with one attached hydrogen (secondary N) is 2. The Hall–Kier alpha value is -1.99. The van der Waals surface area contributed by atoms with Crippen molar-refractivity contribution in [3.63, 3.8) is 0 Å². The van der Waals surface area contributed by atoms with Gasteiger partial charge in [-0.2, -0.15) is 0 Å². The number of nitrogens with two attached hydrogens (primary N) is 1. The lowest BCUT2D eigenvalue weighted by Crippen LogP contribution is -2.46. The number of hydrogen-bond donors (Lipinski definition) is 3. The van der Waals surface area contributed by atoms with Gasteiger partial charge in [-0.05, 0) is 37.0 Å². The fourth-order valence-corrected chi connectivity index (χ4v) is 3.49. The largest absolute Gasteiger partial charge is 0.346 e. The van der Waals surface area contributed by atoms with Crippen molar-refractivity contribution in [2.24, 2.45) is 11.7 Å². The van der Waals surface area contributed by atoms with E-state index >= 15 is 0 Å². The molecule has 0 bridgehead atoms. The molecule has 1 fully saturated rings. The van der Waals surface area contributed by atoms with E-state index in [1.54, 1.807) is 11.3 Å². The Balaban J connectivity index is 1.57. The van der Waals surface area contributed by atoms with Crippen molar-refractivity contribution in [1.29, 1.82) is 0 Å². The lowest BCUT2D eigenvalue weighted by atomic mass is 10.1. The third-order valence-corrected chi connectivity index (χ3v) is 5.24. The van der Waals surface area contributed by atoms with Crippen LogP contribution in [0.25, 0.3) is 10.2 Å². The number of thiazole rings is 1. The lowest BCUT2D eigenvalue weighted by Gasteiger charge is -2.15. The first kappa shape index (κ1) is 16.9. The quantitative estimate of drug-likeness (QED) is 0.747. The second-order valence-corrected chi connectivity index (χ2v) is 7.61. The Kier molecular flexibility index (Phi) is 4.82. The van der Waals surface area contributed by atoms with Crippen molar-refractivity contribution in [3.05, 3.63) is 23.2 Å². The lowest BCUT2D eigenvalue weighted by molar-refractivity contribution is -0.125. The first-order valence-electron chi connectivity index (χ1n) is 8.17. The second kappa shape index (κ2) is 6.86. The van der Waals surface area contributed by atoms with Gasteiger partial charge in [0, 0.05) is 11.6 Å². The molecule has 1 saturated carbocycles. The Morgan fingerprint density at radius 2 is 2.12 bits per heavy atom. The highest BCUT2D eigenvalue weighted by atomic mass is 32.1. The zero-order valence-electron chi connectivity index (χ0n) is 13.8. The van der Waals surface area contributed by atoms with E-state index < -0.39 is 6.04 Å². The number of anilines is 1. The van der Waals surface area contributed by atoms with Gasteiger partial charge in [0.2, 0.25) is 11.8 Å². The summed E-state index contributed by atoms with van der Waals surface area (Å²) in [4.78, 5) is 28.4. The topological polar surface area (TPSA) is 97.1 Å². The fourth-order valence-electron chi connectivity index (χ4n) is 2.32. The molecule has 0 spiro atoms. The van der Waals surface area contributed by atoms with Crippen molar-refractivity contribution < 1.29 is 9.59 Å². The van der Waals surface area contributed by atoms with E-state index in [0.717, 1.165) is 10.2 Å². The number of carbonyl (C=O) groups excluding carboxylic acids is 2. The maximum atomic E-state index is 12.0. The van der Waals surface area contributed by atoms with Crippen LogP contribution in [0.3, 0.4) is 0 Å². The van der Waals surface area contributed by atoms with E-state index in [1.165, 1.54) is 17.8 Å². The molecular weight excluding hydrogens is 324 g/mol. The molecule has 1 atom stereocenters. The summed E-state index contributed by atoms with van der Waals surface area (Å²) in [5.74, 6) is 0.0704. The molecule has 1 heterocycles. The van der Waals surface area contributed by atoms with Gasteiger partial charge in [0.25, 0.3) is 0 Å². The van der Waals surface area contributed by atoms with Gasteiger partial charge in [-0.15, -0.1) is 11.3 Å². The first-order chi connectivity index (χ1) is 11.4. The monoisotopic (exact) mass is 346 g/mol.